The number of piperidine rings is 1. The Morgan fingerprint density at radius 1 is 1.26 bits per heavy atom. The molecule has 4 nitrogen and oxygen atoms in total. The van der Waals surface area contributed by atoms with Gasteiger partial charge in [-0.2, -0.15) is 0 Å². The average Bonchev–Trinajstić information content (AvgIpc) is 2.87. The maximum Gasteiger partial charge on any atom is 0.231 e. The summed E-state index contributed by atoms with van der Waals surface area (Å²) in [6.07, 6.45) is 2.30. The summed E-state index contributed by atoms with van der Waals surface area (Å²) in [5, 5.41) is 4.23. The first kappa shape index (κ1) is 12.9. The van der Waals surface area contributed by atoms with E-state index in [0.29, 0.717) is 11.1 Å². The molecule has 19 heavy (non-hydrogen) atoms. The van der Waals surface area contributed by atoms with E-state index in [4.69, 9.17) is 21.1 Å². The van der Waals surface area contributed by atoms with Crippen LogP contribution in [0, 0.1) is 0 Å². The molecular formula is C14H19ClN2O2. The van der Waals surface area contributed by atoms with Gasteiger partial charge in [0.25, 0.3) is 0 Å². The van der Waals surface area contributed by atoms with Crippen LogP contribution in [0.3, 0.4) is 0 Å². The third-order valence-corrected chi connectivity index (χ3v) is 4.17. The van der Waals surface area contributed by atoms with E-state index in [1.54, 1.807) is 0 Å². The Morgan fingerprint density at radius 3 is 2.63 bits per heavy atom. The fourth-order valence-corrected chi connectivity index (χ4v) is 2.85. The van der Waals surface area contributed by atoms with E-state index >= 15 is 0 Å². The molecule has 5 heteroatoms. The van der Waals surface area contributed by atoms with Crippen molar-refractivity contribution in [2.75, 3.05) is 31.7 Å². The normalized spacial score (nSPS) is 19.7. The first-order chi connectivity index (χ1) is 9.26. The van der Waals surface area contributed by atoms with Crippen LogP contribution in [-0.2, 0) is 0 Å². The van der Waals surface area contributed by atoms with Crippen LogP contribution in [0.25, 0.3) is 0 Å². The standard InChI is InChI=1S/C14H19ClN2O2/c1-2-17-5-3-10(4-6-17)16-12-8-14-13(7-11(12)15)18-9-19-14/h7-8,10,16H,2-6,9H2,1H3. The van der Waals surface area contributed by atoms with Crippen LogP contribution >= 0.6 is 11.6 Å². The summed E-state index contributed by atoms with van der Waals surface area (Å²) in [4.78, 5) is 2.47. The van der Waals surface area contributed by atoms with Gasteiger partial charge in [0.1, 0.15) is 0 Å². The van der Waals surface area contributed by atoms with Gasteiger partial charge in [0, 0.05) is 31.3 Å². The largest absolute Gasteiger partial charge is 0.454 e. The van der Waals surface area contributed by atoms with Gasteiger partial charge >= 0.3 is 0 Å². The smallest absolute Gasteiger partial charge is 0.231 e. The average molecular weight is 283 g/mol. The van der Waals surface area contributed by atoms with Crippen molar-refractivity contribution in [1.82, 2.24) is 4.90 Å². The molecule has 0 bridgehead atoms. The molecule has 1 fully saturated rings. The number of anilines is 1. The van der Waals surface area contributed by atoms with Crippen molar-refractivity contribution in [3.05, 3.63) is 17.2 Å². The first-order valence-corrected chi connectivity index (χ1v) is 7.22. The lowest BCUT2D eigenvalue weighted by Crippen LogP contribution is -2.38. The molecule has 0 aliphatic carbocycles. The molecule has 0 unspecified atom stereocenters. The van der Waals surface area contributed by atoms with Crippen LogP contribution in [0.1, 0.15) is 19.8 Å². The molecule has 0 atom stereocenters. The zero-order valence-electron chi connectivity index (χ0n) is 11.1. The lowest BCUT2D eigenvalue weighted by molar-refractivity contribution is 0.174. The minimum atomic E-state index is 0.282. The molecule has 0 spiro atoms. The van der Waals surface area contributed by atoms with E-state index in [1.165, 1.54) is 0 Å². The number of benzene rings is 1. The van der Waals surface area contributed by atoms with Crippen LogP contribution < -0.4 is 14.8 Å². The van der Waals surface area contributed by atoms with Crippen molar-refractivity contribution < 1.29 is 9.47 Å². The lowest BCUT2D eigenvalue weighted by atomic mass is 10.0. The summed E-state index contributed by atoms with van der Waals surface area (Å²) < 4.78 is 10.7. The summed E-state index contributed by atoms with van der Waals surface area (Å²) in [6, 6.07) is 4.25. The quantitative estimate of drug-likeness (QED) is 0.924. The van der Waals surface area contributed by atoms with Gasteiger partial charge in [0.05, 0.1) is 10.7 Å². The third kappa shape index (κ3) is 2.74. The van der Waals surface area contributed by atoms with Gasteiger partial charge in [-0.25, -0.2) is 0 Å². The number of hydrogen-bond acceptors (Lipinski definition) is 4. The van der Waals surface area contributed by atoms with Crippen molar-refractivity contribution in [3.63, 3.8) is 0 Å². The van der Waals surface area contributed by atoms with Crippen molar-refractivity contribution in [2.45, 2.75) is 25.8 Å². The summed E-state index contributed by atoms with van der Waals surface area (Å²) in [5.74, 6) is 1.51. The third-order valence-electron chi connectivity index (χ3n) is 3.86. The highest BCUT2D eigenvalue weighted by Crippen LogP contribution is 2.39. The molecular weight excluding hydrogens is 264 g/mol. The highest BCUT2D eigenvalue weighted by Gasteiger charge is 2.21. The number of fused-ring (bicyclic) bond motifs is 1. The van der Waals surface area contributed by atoms with Gasteiger partial charge in [0.2, 0.25) is 6.79 Å². The topological polar surface area (TPSA) is 33.7 Å². The summed E-state index contributed by atoms with van der Waals surface area (Å²) in [7, 11) is 0. The molecule has 1 N–H and O–H groups in total. The van der Waals surface area contributed by atoms with Gasteiger partial charge in [-0.05, 0) is 19.4 Å². The molecule has 1 saturated heterocycles. The summed E-state index contributed by atoms with van der Waals surface area (Å²) >= 11 is 6.27. The number of nitrogens with one attached hydrogen (secondary N) is 1. The highest BCUT2D eigenvalue weighted by molar-refractivity contribution is 6.33. The van der Waals surface area contributed by atoms with Gasteiger partial charge in [-0.15, -0.1) is 0 Å². The maximum absolute atomic E-state index is 6.27. The van der Waals surface area contributed by atoms with E-state index in [0.717, 1.165) is 49.7 Å². The van der Waals surface area contributed by atoms with Crippen molar-refractivity contribution in [3.8, 4) is 11.5 Å². The van der Waals surface area contributed by atoms with Crippen molar-refractivity contribution in [2.24, 2.45) is 0 Å². The zero-order chi connectivity index (χ0) is 13.2. The van der Waals surface area contributed by atoms with Crippen LogP contribution in [-0.4, -0.2) is 37.4 Å². The number of rotatable bonds is 3. The Bertz CT molecular complexity index is 459. The second-order valence-corrected chi connectivity index (χ2v) is 5.45. The van der Waals surface area contributed by atoms with E-state index in [1.807, 2.05) is 12.1 Å². The van der Waals surface area contributed by atoms with Crippen molar-refractivity contribution in [1.29, 1.82) is 0 Å². The monoisotopic (exact) mass is 282 g/mol. The lowest BCUT2D eigenvalue weighted by Gasteiger charge is -2.32. The molecule has 1 aromatic rings. The van der Waals surface area contributed by atoms with Crippen LogP contribution in [0.15, 0.2) is 12.1 Å². The molecule has 104 valence electrons. The maximum atomic E-state index is 6.27. The Kier molecular flexibility index (Phi) is 3.71. The minimum absolute atomic E-state index is 0.282. The number of ether oxygens (including phenoxy) is 2. The van der Waals surface area contributed by atoms with E-state index in [2.05, 4.69) is 17.1 Å². The highest BCUT2D eigenvalue weighted by atomic mass is 35.5. The molecule has 0 amide bonds. The van der Waals surface area contributed by atoms with Crippen LogP contribution in [0.4, 0.5) is 5.69 Å². The second-order valence-electron chi connectivity index (χ2n) is 5.04. The summed E-state index contributed by atoms with van der Waals surface area (Å²) in [6.45, 7) is 5.93. The predicted molar refractivity (Wildman–Crippen MR) is 76.3 cm³/mol. The van der Waals surface area contributed by atoms with Crippen LogP contribution in [0.2, 0.25) is 5.02 Å². The van der Waals surface area contributed by atoms with Crippen molar-refractivity contribution >= 4 is 17.3 Å². The molecule has 3 rings (SSSR count). The number of halogens is 1. The van der Waals surface area contributed by atoms with E-state index in [-0.39, 0.29) is 6.79 Å². The summed E-state index contributed by atoms with van der Waals surface area (Å²) in [5.41, 5.74) is 0.945. The minimum Gasteiger partial charge on any atom is -0.454 e. The molecule has 0 radical (unpaired) electrons. The molecule has 2 heterocycles. The van der Waals surface area contributed by atoms with Crippen LogP contribution in [0.5, 0.6) is 11.5 Å². The Labute approximate surface area is 118 Å². The fourth-order valence-electron chi connectivity index (χ4n) is 2.64. The molecule has 2 aliphatic heterocycles. The molecule has 0 saturated carbocycles. The number of hydrogen-bond donors (Lipinski definition) is 1. The Balaban J connectivity index is 1.67. The molecule has 2 aliphatic rings. The van der Waals surface area contributed by atoms with Gasteiger partial charge in [-0.1, -0.05) is 18.5 Å². The Morgan fingerprint density at radius 2 is 1.95 bits per heavy atom. The fraction of sp³-hybridized carbons (Fsp3) is 0.571. The molecule has 1 aromatic carbocycles. The number of nitrogens with zero attached hydrogens (tertiary/aromatic N) is 1. The second kappa shape index (κ2) is 5.47. The van der Waals surface area contributed by atoms with E-state index < -0.39 is 0 Å². The Hall–Kier alpha value is -1.13. The van der Waals surface area contributed by atoms with E-state index in [9.17, 15) is 0 Å². The van der Waals surface area contributed by atoms with Gasteiger partial charge in [0.15, 0.2) is 11.5 Å². The number of likely N-dealkylation sites (tertiary alicyclic amines) is 1. The SMILES string of the molecule is CCN1CCC(Nc2cc3c(cc2Cl)OCO3)CC1. The zero-order valence-corrected chi connectivity index (χ0v) is 11.9. The van der Waals surface area contributed by atoms with Gasteiger partial charge in [-0.3, -0.25) is 0 Å². The predicted octanol–water partition coefficient (Wildman–Crippen LogP) is 2.96. The molecule has 0 aromatic heterocycles. The van der Waals surface area contributed by atoms with Gasteiger partial charge < -0.3 is 19.7 Å². The first-order valence-electron chi connectivity index (χ1n) is 6.84.